The SMILES string of the molecule is Cc1ccc(NC(=O)c2cn(C)nc2C)c(N)c1. The van der Waals surface area contributed by atoms with Gasteiger partial charge in [-0.15, -0.1) is 0 Å². The van der Waals surface area contributed by atoms with Crippen molar-refractivity contribution >= 4 is 17.3 Å². The molecule has 0 spiro atoms. The molecule has 1 aromatic heterocycles. The molecule has 0 saturated carbocycles. The van der Waals surface area contributed by atoms with Crippen LogP contribution >= 0.6 is 0 Å². The van der Waals surface area contributed by atoms with Crippen molar-refractivity contribution in [3.05, 3.63) is 41.2 Å². The standard InChI is InChI=1S/C13H16N4O/c1-8-4-5-12(11(14)6-8)15-13(18)10-7-17(3)16-9(10)2/h4-7H,14H2,1-3H3,(H,15,18). The number of aryl methyl sites for hydroxylation is 3. The molecular weight excluding hydrogens is 228 g/mol. The summed E-state index contributed by atoms with van der Waals surface area (Å²) in [4.78, 5) is 12.1. The van der Waals surface area contributed by atoms with Crippen LogP contribution in [0, 0.1) is 13.8 Å². The fourth-order valence-corrected chi connectivity index (χ4v) is 1.81. The lowest BCUT2D eigenvalue weighted by Crippen LogP contribution is -2.13. The van der Waals surface area contributed by atoms with Crippen molar-refractivity contribution in [2.24, 2.45) is 7.05 Å². The number of nitrogens with zero attached hydrogens (tertiary/aromatic N) is 2. The number of nitrogens with two attached hydrogens (primary N) is 1. The highest BCUT2D eigenvalue weighted by Crippen LogP contribution is 2.20. The summed E-state index contributed by atoms with van der Waals surface area (Å²) in [6, 6.07) is 5.53. The van der Waals surface area contributed by atoms with E-state index in [1.54, 1.807) is 30.9 Å². The molecule has 18 heavy (non-hydrogen) atoms. The second kappa shape index (κ2) is 4.52. The van der Waals surface area contributed by atoms with Crippen molar-refractivity contribution < 1.29 is 4.79 Å². The summed E-state index contributed by atoms with van der Waals surface area (Å²) < 4.78 is 1.61. The van der Waals surface area contributed by atoms with Crippen LogP contribution in [-0.4, -0.2) is 15.7 Å². The zero-order chi connectivity index (χ0) is 13.3. The van der Waals surface area contributed by atoms with Crippen LogP contribution in [0.5, 0.6) is 0 Å². The van der Waals surface area contributed by atoms with Crippen LogP contribution in [0.15, 0.2) is 24.4 Å². The number of hydrogen-bond acceptors (Lipinski definition) is 3. The lowest BCUT2D eigenvalue weighted by atomic mass is 10.2. The van der Waals surface area contributed by atoms with Crippen LogP contribution in [0.2, 0.25) is 0 Å². The molecule has 0 fully saturated rings. The Morgan fingerprint density at radius 1 is 1.39 bits per heavy atom. The smallest absolute Gasteiger partial charge is 0.259 e. The van der Waals surface area contributed by atoms with Crippen molar-refractivity contribution in [2.75, 3.05) is 11.1 Å². The van der Waals surface area contributed by atoms with Gasteiger partial charge in [0.15, 0.2) is 0 Å². The number of anilines is 2. The lowest BCUT2D eigenvalue weighted by Gasteiger charge is -2.08. The van der Waals surface area contributed by atoms with E-state index in [1.165, 1.54) is 0 Å². The number of nitrogens with one attached hydrogen (secondary N) is 1. The molecule has 3 N–H and O–H groups in total. The first-order valence-electron chi connectivity index (χ1n) is 5.65. The second-order valence-corrected chi connectivity index (χ2v) is 4.35. The van der Waals surface area contributed by atoms with E-state index < -0.39 is 0 Å². The Morgan fingerprint density at radius 2 is 2.11 bits per heavy atom. The molecule has 94 valence electrons. The lowest BCUT2D eigenvalue weighted by molar-refractivity contribution is 0.102. The van der Waals surface area contributed by atoms with Crippen LogP contribution < -0.4 is 11.1 Å². The predicted octanol–water partition coefficient (Wildman–Crippen LogP) is 1.87. The molecule has 0 bridgehead atoms. The minimum absolute atomic E-state index is 0.198. The largest absolute Gasteiger partial charge is 0.397 e. The third-order valence-electron chi connectivity index (χ3n) is 2.71. The number of carbonyl (C=O) groups is 1. The average molecular weight is 244 g/mol. The molecule has 5 nitrogen and oxygen atoms in total. The summed E-state index contributed by atoms with van der Waals surface area (Å²) >= 11 is 0. The Hall–Kier alpha value is -2.30. The Kier molecular flexibility index (Phi) is 3.06. The minimum Gasteiger partial charge on any atom is -0.397 e. The molecule has 0 aliphatic heterocycles. The molecule has 5 heteroatoms. The van der Waals surface area contributed by atoms with Gasteiger partial charge in [0.2, 0.25) is 0 Å². The fraction of sp³-hybridized carbons (Fsp3) is 0.231. The minimum atomic E-state index is -0.198. The molecule has 1 aromatic carbocycles. The zero-order valence-corrected chi connectivity index (χ0v) is 10.7. The van der Waals surface area contributed by atoms with E-state index in [2.05, 4.69) is 10.4 Å². The third-order valence-corrected chi connectivity index (χ3v) is 2.71. The zero-order valence-electron chi connectivity index (χ0n) is 10.7. The molecule has 1 amide bonds. The molecule has 0 aliphatic carbocycles. The number of benzene rings is 1. The van der Waals surface area contributed by atoms with Gasteiger partial charge in [0.1, 0.15) is 0 Å². The van der Waals surface area contributed by atoms with Crippen LogP contribution in [0.4, 0.5) is 11.4 Å². The predicted molar refractivity (Wildman–Crippen MR) is 71.5 cm³/mol. The maximum Gasteiger partial charge on any atom is 0.259 e. The average Bonchev–Trinajstić information content (AvgIpc) is 2.62. The number of aromatic nitrogens is 2. The van der Waals surface area contributed by atoms with Crippen LogP contribution in [0.1, 0.15) is 21.6 Å². The highest BCUT2D eigenvalue weighted by Gasteiger charge is 2.13. The molecule has 2 rings (SSSR count). The highest BCUT2D eigenvalue weighted by molar-refractivity contribution is 6.06. The van der Waals surface area contributed by atoms with Gasteiger partial charge in [-0.2, -0.15) is 5.10 Å². The molecule has 2 aromatic rings. The summed E-state index contributed by atoms with van der Waals surface area (Å²) in [7, 11) is 1.78. The van der Waals surface area contributed by atoms with Crippen molar-refractivity contribution in [3.63, 3.8) is 0 Å². The Balaban J connectivity index is 2.24. The fourth-order valence-electron chi connectivity index (χ4n) is 1.81. The number of carbonyl (C=O) groups excluding carboxylic acids is 1. The van der Waals surface area contributed by atoms with Crippen molar-refractivity contribution in [1.82, 2.24) is 9.78 Å². The van der Waals surface area contributed by atoms with E-state index in [0.717, 1.165) is 5.56 Å². The normalized spacial score (nSPS) is 10.4. The van der Waals surface area contributed by atoms with E-state index in [1.807, 2.05) is 19.1 Å². The van der Waals surface area contributed by atoms with Gasteiger partial charge in [0.25, 0.3) is 5.91 Å². The molecule has 0 atom stereocenters. The number of rotatable bonds is 2. The van der Waals surface area contributed by atoms with Gasteiger partial charge in [-0.1, -0.05) is 6.07 Å². The van der Waals surface area contributed by atoms with Gasteiger partial charge < -0.3 is 11.1 Å². The number of hydrogen-bond donors (Lipinski definition) is 2. The van der Waals surface area contributed by atoms with Crippen LogP contribution in [0.25, 0.3) is 0 Å². The van der Waals surface area contributed by atoms with E-state index in [4.69, 9.17) is 5.73 Å². The summed E-state index contributed by atoms with van der Waals surface area (Å²) in [6.45, 7) is 3.75. The van der Waals surface area contributed by atoms with Crippen LogP contribution in [-0.2, 0) is 7.05 Å². The molecule has 0 radical (unpaired) electrons. The van der Waals surface area contributed by atoms with Gasteiger partial charge in [0, 0.05) is 13.2 Å². The molecule has 0 saturated heterocycles. The third kappa shape index (κ3) is 2.34. The van der Waals surface area contributed by atoms with Crippen molar-refractivity contribution in [2.45, 2.75) is 13.8 Å². The Morgan fingerprint density at radius 3 is 2.67 bits per heavy atom. The van der Waals surface area contributed by atoms with E-state index in [9.17, 15) is 4.79 Å². The second-order valence-electron chi connectivity index (χ2n) is 4.35. The summed E-state index contributed by atoms with van der Waals surface area (Å²) in [6.07, 6.45) is 1.69. The summed E-state index contributed by atoms with van der Waals surface area (Å²) in [5.74, 6) is -0.198. The molecule has 1 heterocycles. The van der Waals surface area contributed by atoms with Crippen molar-refractivity contribution in [1.29, 1.82) is 0 Å². The summed E-state index contributed by atoms with van der Waals surface area (Å²) in [5.41, 5.74) is 9.34. The van der Waals surface area contributed by atoms with E-state index in [0.29, 0.717) is 22.6 Å². The van der Waals surface area contributed by atoms with Gasteiger partial charge >= 0.3 is 0 Å². The Bertz CT molecular complexity index is 601. The first kappa shape index (κ1) is 12.2. The first-order chi connectivity index (χ1) is 8.47. The molecule has 0 aliphatic rings. The molecule has 0 unspecified atom stereocenters. The van der Waals surface area contributed by atoms with E-state index in [-0.39, 0.29) is 5.91 Å². The Labute approximate surface area is 106 Å². The van der Waals surface area contributed by atoms with Gasteiger partial charge in [-0.05, 0) is 31.5 Å². The summed E-state index contributed by atoms with van der Waals surface area (Å²) in [5, 5.41) is 6.93. The van der Waals surface area contributed by atoms with Gasteiger partial charge in [-0.25, -0.2) is 0 Å². The monoisotopic (exact) mass is 244 g/mol. The van der Waals surface area contributed by atoms with Crippen molar-refractivity contribution in [3.8, 4) is 0 Å². The maximum atomic E-state index is 12.1. The number of amides is 1. The quantitative estimate of drug-likeness (QED) is 0.792. The molecular formula is C13H16N4O. The van der Waals surface area contributed by atoms with Gasteiger partial charge in [-0.3, -0.25) is 9.48 Å². The number of nitrogen functional groups attached to an aromatic ring is 1. The van der Waals surface area contributed by atoms with E-state index >= 15 is 0 Å². The van der Waals surface area contributed by atoms with Crippen LogP contribution in [0.3, 0.4) is 0 Å². The van der Waals surface area contributed by atoms with Gasteiger partial charge in [0.05, 0.1) is 22.6 Å². The highest BCUT2D eigenvalue weighted by atomic mass is 16.1. The first-order valence-corrected chi connectivity index (χ1v) is 5.65. The maximum absolute atomic E-state index is 12.1. The topological polar surface area (TPSA) is 72.9 Å².